The summed E-state index contributed by atoms with van der Waals surface area (Å²) in [5.74, 6) is -1.07. The van der Waals surface area contributed by atoms with Crippen LogP contribution in [0.2, 0.25) is 0 Å². The van der Waals surface area contributed by atoms with Crippen molar-refractivity contribution in [2.45, 2.75) is 64.1 Å². The first-order valence-corrected chi connectivity index (χ1v) is 14.6. The molecule has 2 fully saturated rings. The summed E-state index contributed by atoms with van der Waals surface area (Å²) in [6.07, 6.45) is 8.19. The summed E-state index contributed by atoms with van der Waals surface area (Å²) in [5.41, 5.74) is 2.50. The van der Waals surface area contributed by atoms with Crippen molar-refractivity contribution in [2.24, 2.45) is 5.41 Å². The predicted octanol–water partition coefficient (Wildman–Crippen LogP) is 6.62. The molecule has 0 saturated carbocycles. The average Bonchev–Trinajstić information content (AvgIpc) is 2.88. The number of fused-ring (bicyclic) bond motifs is 1. The van der Waals surface area contributed by atoms with E-state index in [1.54, 1.807) is 12.1 Å². The third-order valence-corrected chi connectivity index (χ3v) is 9.22. The molecule has 2 aromatic carbocycles. The first-order chi connectivity index (χ1) is 18.8. The van der Waals surface area contributed by atoms with Crippen LogP contribution in [-0.2, 0) is 6.42 Å². The van der Waals surface area contributed by atoms with Crippen LogP contribution in [0.4, 0.5) is 18.9 Å². The van der Waals surface area contributed by atoms with Crippen molar-refractivity contribution in [3.05, 3.63) is 71.3 Å². The summed E-state index contributed by atoms with van der Waals surface area (Å²) in [6, 6.07) is 7.10. The van der Waals surface area contributed by atoms with Crippen molar-refractivity contribution in [1.82, 2.24) is 9.80 Å². The Morgan fingerprint density at radius 1 is 1.00 bits per heavy atom. The van der Waals surface area contributed by atoms with Crippen LogP contribution in [-0.4, -0.2) is 66.9 Å². The van der Waals surface area contributed by atoms with Crippen LogP contribution in [0, 0.1) is 17.0 Å². The molecular formula is C32H42F3N3O. The SMILES string of the molecule is C=CCN1CCC2(CCCN(c3cc(F)c(C4c5ccc(O)cc5CCN4CC(C)F)c(F)c3)CCC2)CC1. The number of alkyl halides is 1. The van der Waals surface area contributed by atoms with E-state index in [4.69, 9.17) is 0 Å². The highest BCUT2D eigenvalue weighted by Crippen LogP contribution is 2.43. The Hall–Kier alpha value is -2.51. The quantitative estimate of drug-likeness (QED) is 0.416. The largest absolute Gasteiger partial charge is 0.508 e. The number of phenols is 1. The Kier molecular flexibility index (Phi) is 8.57. The zero-order chi connectivity index (χ0) is 27.6. The van der Waals surface area contributed by atoms with Crippen molar-refractivity contribution in [3.8, 4) is 5.75 Å². The van der Waals surface area contributed by atoms with Gasteiger partial charge in [-0.05, 0) is 106 Å². The van der Waals surface area contributed by atoms with Crippen LogP contribution in [0.5, 0.6) is 5.75 Å². The summed E-state index contributed by atoms with van der Waals surface area (Å²) in [7, 11) is 0. The van der Waals surface area contributed by atoms with Crippen molar-refractivity contribution in [1.29, 1.82) is 0 Å². The van der Waals surface area contributed by atoms with Gasteiger partial charge in [0.05, 0.1) is 6.04 Å². The summed E-state index contributed by atoms with van der Waals surface area (Å²) in [5, 5.41) is 9.97. The number of piperidine rings is 1. The Labute approximate surface area is 231 Å². The van der Waals surface area contributed by atoms with Gasteiger partial charge in [0.2, 0.25) is 0 Å². The molecule has 5 rings (SSSR count). The first kappa shape index (κ1) is 28.0. The fourth-order valence-corrected chi connectivity index (χ4v) is 7.22. The second-order valence-electron chi connectivity index (χ2n) is 11.9. The number of likely N-dealkylation sites (tertiary alicyclic amines) is 1. The molecule has 3 heterocycles. The minimum Gasteiger partial charge on any atom is -0.508 e. The Bertz CT molecular complexity index is 1130. The maximum Gasteiger partial charge on any atom is 0.133 e. The van der Waals surface area contributed by atoms with Crippen LogP contribution in [0.15, 0.2) is 43.0 Å². The Morgan fingerprint density at radius 2 is 1.67 bits per heavy atom. The lowest BCUT2D eigenvalue weighted by molar-refractivity contribution is 0.0876. The fourth-order valence-electron chi connectivity index (χ4n) is 7.22. The van der Waals surface area contributed by atoms with Gasteiger partial charge in [0.25, 0.3) is 0 Å². The van der Waals surface area contributed by atoms with Crippen LogP contribution in [0.1, 0.15) is 68.2 Å². The third kappa shape index (κ3) is 6.14. The highest BCUT2D eigenvalue weighted by Gasteiger charge is 2.36. The molecule has 2 unspecified atom stereocenters. The second kappa shape index (κ2) is 11.9. The van der Waals surface area contributed by atoms with Crippen LogP contribution in [0.25, 0.3) is 0 Å². The molecule has 2 atom stereocenters. The van der Waals surface area contributed by atoms with Gasteiger partial charge in [-0.15, -0.1) is 6.58 Å². The lowest BCUT2D eigenvalue weighted by Crippen LogP contribution is -2.42. The highest BCUT2D eigenvalue weighted by molar-refractivity contribution is 5.52. The average molecular weight is 542 g/mol. The predicted molar refractivity (Wildman–Crippen MR) is 151 cm³/mol. The van der Waals surface area contributed by atoms with Crippen LogP contribution >= 0.6 is 0 Å². The fraction of sp³-hybridized carbons (Fsp3) is 0.562. The maximum absolute atomic E-state index is 15.9. The molecule has 0 bridgehead atoms. The van der Waals surface area contributed by atoms with Crippen molar-refractivity contribution < 1.29 is 18.3 Å². The molecule has 1 N–H and O–H groups in total. The lowest BCUT2D eigenvalue weighted by atomic mass is 9.71. The van der Waals surface area contributed by atoms with Gasteiger partial charge in [-0.2, -0.15) is 0 Å². The second-order valence-corrected chi connectivity index (χ2v) is 11.9. The molecule has 3 aliphatic rings. The summed E-state index contributed by atoms with van der Waals surface area (Å²) >= 11 is 0. The van der Waals surface area contributed by atoms with E-state index in [1.165, 1.54) is 38.0 Å². The van der Waals surface area contributed by atoms with Crippen molar-refractivity contribution in [3.63, 3.8) is 0 Å². The van der Waals surface area contributed by atoms with E-state index in [0.29, 0.717) is 24.1 Å². The van der Waals surface area contributed by atoms with E-state index < -0.39 is 23.8 Å². The van der Waals surface area contributed by atoms with Crippen LogP contribution < -0.4 is 4.90 Å². The number of halogens is 3. The minimum absolute atomic E-state index is 0.0386. The van der Waals surface area contributed by atoms with Gasteiger partial charge in [-0.25, -0.2) is 13.2 Å². The van der Waals surface area contributed by atoms with Gasteiger partial charge in [-0.3, -0.25) is 9.80 Å². The molecule has 0 radical (unpaired) electrons. The molecule has 7 heteroatoms. The Balaban J connectivity index is 1.35. The number of benzene rings is 2. The van der Waals surface area contributed by atoms with E-state index in [-0.39, 0.29) is 17.9 Å². The first-order valence-electron chi connectivity index (χ1n) is 14.6. The topological polar surface area (TPSA) is 30.0 Å². The van der Waals surface area contributed by atoms with Gasteiger partial charge in [0, 0.05) is 44.0 Å². The van der Waals surface area contributed by atoms with Gasteiger partial charge < -0.3 is 10.0 Å². The number of nitrogens with zero attached hydrogens (tertiary/aromatic N) is 3. The van der Waals surface area contributed by atoms with E-state index >= 15 is 8.78 Å². The smallest absolute Gasteiger partial charge is 0.133 e. The number of aromatic hydroxyl groups is 1. The highest BCUT2D eigenvalue weighted by atomic mass is 19.1. The van der Waals surface area contributed by atoms with Crippen LogP contribution in [0.3, 0.4) is 0 Å². The van der Waals surface area contributed by atoms with E-state index in [0.717, 1.165) is 69.5 Å². The van der Waals surface area contributed by atoms with E-state index in [9.17, 15) is 9.50 Å². The normalized spacial score (nSPS) is 23.2. The molecular weight excluding hydrogens is 499 g/mol. The standard InChI is InChI=1S/C32H42F3N3O/c1-3-13-36-17-11-32(12-18-36)9-4-14-37(15-5-10-32)25-20-28(34)30(29(35)21-25)31-27-7-6-26(39)19-24(27)8-16-38(31)22-23(2)33/h3,6-7,19-21,23,31,39H,1,4-5,8-18,22H2,2H3. The lowest BCUT2D eigenvalue weighted by Gasteiger charge is -2.44. The molecule has 4 nitrogen and oxygen atoms in total. The summed E-state index contributed by atoms with van der Waals surface area (Å²) < 4.78 is 45.8. The molecule has 39 heavy (non-hydrogen) atoms. The maximum atomic E-state index is 15.9. The van der Waals surface area contributed by atoms with Crippen molar-refractivity contribution in [2.75, 3.05) is 50.7 Å². The molecule has 0 aliphatic carbocycles. The van der Waals surface area contributed by atoms with Gasteiger partial charge in [0.15, 0.2) is 0 Å². The third-order valence-electron chi connectivity index (χ3n) is 9.22. The van der Waals surface area contributed by atoms with E-state index in [2.05, 4.69) is 16.4 Å². The monoisotopic (exact) mass is 541 g/mol. The number of anilines is 1. The number of hydrogen-bond donors (Lipinski definition) is 1. The van der Waals surface area contributed by atoms with E-state index in [1.807, 2.05) is 11.0 Å². The zero-order valence-electron chi connectivity index (χ0n) is 23.1. The summed E-state index contributed by atoms with van der Waals surface area (Å²) in [6.45, 7) is 10.7. The zero-order valence-corrected chi connectivity index (χ0v) is 23.1. The molecule has 0 amide bonds. The van der Waals surface area contributed by atoms with Crippen molar-refractivity contribution >= 4 is 5.69 Å². The number of phenolic OH excluding ortho intramolecular Hbond substituents is 1. The minimum atomic E-state index is -1.13. The number of hydrogen-bond acceptors (Lipinski definition) is 4. The molecule has 3 aliphatic heterocycles. The van der Waals surface area contributed by atoms with Gasteiger partial charge in [-0.1, -0.05) is 12.1 Å². The van der Waals surface area contributed by atoms with Gasteiger partial charge in [0.1, 0.15) is 23.6 Å². The van der Waals surface area contributed by atoms with Gasteiger partial charge >= 0.3 is 0 Å². The number of rotatable bonds is 6. The Morgan fingerprint density at radius 3 is 2.28 bits per heavy atom. The molecule has 2 aromatic rings. The molecule has 2 saturated heterocycles. The molecule has 1 spiro atoms. The summed E-state index contributed by atoms with van der Waals surface area (Å²) in [4.78, 5) is 6.42. The molecule has 0 aromatic heterocycles. The molecule has 212 valence electrons.